The summed E-state index contributed by atoms with van der Waals surface area (Å²) in [7, 11) is 1.60. The number of ether oxygens (including phenoxy) is 1. The van der Waals surface area contributed by atoms with Gasteiger partial charge in [0.1, 0.15) is 17.6 Å². The molecule has 1 aromatic carbocycles. The molecule has 1 unspecified atom stereocenters. The van der Waals surface area contributed by atoms with Gasteiger partial charge < -0.3 is 14.3 Å². The predicted molar refractivity (Wildman–Crippen MR) is 65.2 cm³/mol. The van der Waals surface area contributed by atoms with E-state index in [0.717, 1.165) is 11.1 Å². The van der Waals surface area contributed by atoms with Crippen LogP contribution in [-0.2, 0) is 0 Å². The molecule has 0 aliphatic rings. The van der Waals surface area contributed by atoms with E-state index in [4.69, 9.17) is 9.15 Å². The van der Waals surface area contributed by atoms with Crippen LogP contribution in [-0.4, -0.2) is 12.2 Å². The average molecular weight is 232 g/mol. The van der Waals surface area contributed by atoms with Crippen molar-refractivity contribution in [2.75, 3.05) is 7.11 Å². The minimum absolute atomic E-state index is 0.547. The summed E-state index contributed by atoms with van der Waals surface area (Å²) in [6, 6.07) is 9.43. The molecule has 3 nitrogen and oxygen atoms in total. The quantitative estimate of drug-likeness (QED) is 0.884. The third-order valence-corrected chi connectivity index (χ3v) is 2.86. The topological polar surface area (TPSA) is 42.6 Å². The molecule has 3 heteroatoms. The van der Waals surface area contributed by atoms with Gasteiger partial charge in [-0.15, -0.1) is 0 Å². The molecule has 1 heterocycles. The number of aryl methyl sites for hydroxylation is 1. The van der Waals surface area contributed by atoms with Gasteiger partial charge in [-0.25, -0.2) is 0 Å². The fourth-order valence-electron chi connectivity index (χ4n) is 2.01. The first-order valence-electron chi connectivity index (χ1n) is 5.52. The maximum Gasteiger partial charge on any atom is 0.163 e. The number of hydrogen-bond acceptors (Lipinski definition) is 3. The Kier molecular flexibility index (Phi) is 3.20. The average Bonchev–Trinajstić information content (AvgIpc) is 2.64. The summed E-state index contributed by atoms with van der Waals surface area (Å²) >= 11 is 0. The Labute approximate surface area is 101 Å². The Morgan fingerprint density at radius 2 is 1.82 bits per heavy atom. The molecule has 0 fully saturated rings. The number of aliphatic hydroxyl groups excluding tert-OH is 1. The smallest absolute Gasteiger partial charge is 0.163 e. The first-order chi connectivity index (χ1) is 8.15. The highest BCUT2D eigenvalue weighted by Gasteiger charge is 2.22. The lowest BCUT2D eigenvalue weighted by atomic mass is 10.0. The van der Waals surface area contributed by atoms with E-state index in [9.17, 15) is 5.11 Å². The Morgan fingerprint density at radius 1 is 1.18 bits per heavy atom. The van der Waals surface area contributed by atoms with Crippen LogP contribution in [0.1, 0.15) is 28.8 Å². The summed E-state index contributed by atoms with van der Waals surface area (Å²) in [5.74, 6) is 1.94. The van der Waals surface area contributed by atoms with Gasteiger partial charge in [0, 0.05) is 5.56 Å². The van der Waals surface area contributed by atoms with Gasteiger partial charge in [0.2, 0.25) is 0 Å². The van der Waals surface area contributed by atoms with E-state index in [1.54, 1.807) is 7.11 Å². The van der Waals surface area contributed by atoms with Crippen LogP contribution < -0.4 is 4.74 Å². The van der Waals surface area contributed by atoms with E-state index in [0.29, 0.717) is 17.3 Å². The highest BCUT2D eigenvalue weighted by atomic mass is 16.5. The Hall–Kier alpha value is -1.74. The minimum Gasteiger partial charge on any atom is -0.493 e. The van der Waals surface area contributed by atoms with Gasteiger partial charge in [-0.05, 0) is 19.4 Å². The van der Waals surface area contributed by atoms with Crippen molar-refractivity contribution in [3.05, 3.63) is 53.0 Å². The van der Waals surface area contributed by atoms with E-state index < -0.39 is 6.10 Å². The highest BCUT2D eigenvalue weighted by molar-refractivity contribution is 5.41. The van der Waals surface area contributed by atoms with Gasteiger partial charge in [-0.3, -0.25) is 0 Å². The normalized spacial score (nSPS) is 12.5. The second-order valence-electron chi connectivity index (χ2n) is 3.99. The zero-order valence-electron chi connectivity index (χ0n) is 10.2. The van der Waals surface area contributed by atoms with E-state index in [-0.39, 0.29) is 0 Å². The molecule has 1 N–H and O–H groups in total. The van der Waals surface area contributed by atoms with E-state index in [1.807, 2.05) is 44.2 Å². The summed E-state index contributed by atoms with van der Waals surface area (Å²) in [5.41, 5.74) is 1.66. The molecule has 2 rings (SSSR count). The van der Waals surface area contributed by atoms with Gasteiger partial charge >= 0.3 is 0 Å². The molecule has 0 saturated heterocycles. The number of aliphatic hydroxyl groups is 1. The lowest BCUT2D eigenvalue weighted by molar-refractivity contribution is 0.186. The fourth-order valence-corrected chi connectivity index (χ4v) is 2.01. The first-order valence-corrected chi connectivity index (χ1v) is 5.52. The fraction of sp³-hybridized carbons (Fsp3) is 0.286. The lowest BCUT2D eigenvalue weighted by Gasteiger charge is -2.09. The second-order valence-corrected chi connectivity index (χ2v) is 3.99. The van der Waals surface area contributed by atoms with E-state index in [1.165, 1.54) is 0 Å². The van der Waals surface area contributed by atoms with Gasteiger partial charge in [-0.1, -0.05) is 30.3 Å². The third-order valence-electron chi connectivity index (χ3n) is 2.86. The molecule has 0 saturated carbocycles. The molecule has 1 atom stereocenters. The summed E-state index contributed by atoms with van der Waals surface area (Å²) in [6.45, 7) is 3.71. The summed E-state index contributed by atoms with van der Waals surface area (Å²) < 4.78 is 10.8. The largest absolute Gasteiger partial charge is 0.493 e. The SMILES string of the molecule is COc1c(C)oc(C(O)c2ccccc2)c1C. The van der Waals surface area contributed by atoms with Crippen molar-refractivity contribution < 1.29 is 14.3 Å². The van der Waals surface area contributed by atoms with Crippen LogP contribution in [0.4, 0.5) is 0 Å². The van der Waals surface area contributed by atoms with Crippen LogP contribution >= 0.6 is 0 Å². The maximum absolute atomic E-state index is 10.3. The molecule has 0 aliphatic heterocycles. The summed E-state index contributed by atoms with van der Waals surface area (Å²) in [4.78, 5) is 0. The lowest BCUT2D eigenvalue weighted by Crippen LogP contribution is -1.99. The maximum atomic E-state index is 10.3. The third kappa shape index (κ3) is 2.06. The zero-order chi connectivity index (χ0) is 12.4. The molecule has 0 bridgehead atoms. The van der Waals surface area contributed by atoms with Gasteiger partial charge in [-0.2, -0.15) is 0 Å². The van der Waals surface area contributed by atoms with E-state index >= 15 is 0 Å². The van der Waals surface area contributed by atoms with Crippen molar-refractivity contribution in [3.63, 3.8) is 0 Å². The van der Waals surface area contributed by atoms with Crippen LogP contribution in [0.15, 0.2) is 34.7 Å². The summed E-state index contributed by atoms with van der Waals surface area (Å²) in [5, 5.41) is 10.3. The molecule has 90 valence electrons. The van der Waals surface area contributed by atoms with Crippen molar-refractivity contribution in [1.29, 1.82) is 0 Å². The van der Waals surface area contributed by atoms with Crippen LogP contribution in [0, 0.1) is 13.8 Å². The van der Waals surface area contributed by atoms with Crippen LogP contribution in [0.3, 0.4) is 0 Å². The number of furan rings is 1. The molecule has 0 amide bonds. The Morgan fingerprint density at radius 3 is 2.35 bits per heavy atom. The van der Waals surface area contributed by atoms with Gasteiger partial charge in [0.05, 0.1) is 7.11 Å². The van der Waals surface area contributed by atoms with Crippen molar-refractivity contribution >= 4 is 0 Å². The minimum atomic E-state index is -0.751. The van der Waals surface area contributed by atoms with Gasteiger partial charge in [0.25, 0.3) is 0 Å². The first kappa shape index (κ1) is 11.7. The monoisotopic (exact) mass is 232 g/mol. The number of rotatable bonds is 3. The standard InChI is InChI=1S/C14H16O3/c1-9-13(16-3)10(2)17-14(9)12(15)11-7-5-4-6-8-11/h4-8,12,15H,1-3H3. The highest BCUT2D eigenvalue weighted by Crippen LogP contribution is 2.35. The predicted octanol–water partition coefficient (Wildman–Crippen LogP) is 2.99. The van der Waals surface area contributed by atoms with Crippen LogP contribution in [0.5, 0.6) is 5.75 Å². The number of hydrogen-bond donors (Lipinski definition) is 1. The van der Waals surface area contributed by atoms with Crippen LogP contribution in [0.2, 0.25) is 0 Å². The van der Waals surface area contributed by atoms with Crippen molar-refractivity contribution in [2.45, 2.75) is 20.0 Å². The van der Waals surface area contributed by atoms with Crippen molar-refractivity contribution in [1.82, 2.24) is 0 Å². The van der Waals surface area contributed by atoms with Crippen molar-refractivity contribution in [2.24, 2.45) is 0 Å². The zero-order valence-corrected chi connectivity index (χ0v) is 10.2. The summed E-state index contributed by atoms with van der Waals surface area (Å²) in [6.07, 6.45) is -0.751. The molecule has 0 aliphatic carbocycles. The van der Waals surface area contributed by atoms with Crippen molar-refractivity contribution in [3.8, 4) is 5.75 Å². The molecule has 2 aromatic rings. The molecule has 17 heavy (non-hydrogen) atoms. The second kappa shape index (κ2) is 4.63. The molecule has 0 spiro atoms. The van der Waals surface area contributed by atoms with E-state index in [2.05, 4.69) is 0 Å². The Balaban J connectivity index is 2.41. The molecule has 0 radical (unpaired) electrons. The molecular weight excluding hydrogens is 216 g/mol. The molecular formula is C14H16O3. The number of methoxy groups -OCH3 is 1. The van der Waals surface area contributed by atoms with Gasteiger partial charge in [0.15, 0.2) is 5.75 Å². The van der Waals surface area contributed by atoms with Crippen LogP contribution in [0.25, 0.3) is 0 Å². The Bertz CT molecular complexity index is 500. The number of benzene rings is 1. The molecule has 1 aromatic heterocycles.